The second-order valence-corrected chi connectivity index (χ2v) is 5.22. The van der Waals surface area contributed by atoms with Gasteiger partial charge in [0.1, 0.15) is 0 Å². The molecule has 17 heavy (non-hydrogen) atoms. The molecule has 1 heterocycles. The van der Waals surface area contributed by atoms with E-state index in [2.05, 4.69) is 22.0 Å². The molecule has 0 aromatic heterocycles. The molecular weight excluding hydrogens is 214 g/mol. The Hall–Kier alpha value is -0.160. The Bertz CT molecular complexity index is 213. The van der Waals surface area contributed by atoms with Crippen molar-refractivity contribution in [2.45, 2.75) is 31.8 Å². The van der Waals surface area contributed by atoms with Crippen LogP contribution in [-0.2, 0) is 4.74 Å². The molecule has 100 valence electrons. The van der Waals surface area contributed by atoms with Crippen LogP contribution in [0.15, 0.2) is 0 Å². The van der Waals surface area contributed by atoms with E-state index in [4.69, 9.17) is 4.74 Å². The zero-order chi connectivity index (χ0) is 12.1. The fourth-order valence-electron chi connectivity index (χ4n) is 2.70. The molecule has 0 amide bonds. The van der Waals surface area contributed by atoms with Crippen LogP contribution in [0.5, 0.6) is 0 Å². The van der Waals surface area contributed by atoms with E-state index in [-0.39, 0.29) is 0 Å². The van der Waals surface area contributed by atoms with Gasteiger partial charge < -0.3 is 10.1 Å². The molecule has 1 saturated heterocycles. The lowest BCUT2D eigenvalue weighted by atomic mass is 10.2. The fraction of sp³-hybridized carbons (Fsp3) is 1.00. The van der Waals surface area contributed by atoms with Gasteiger partial charge in [-0.25, -0.2) is 0 Å². The van der Waals surface area contributed by atoms with E-state index in [1.54, 1.807) is 7.11 Å². The van der Waals surface area contributed by atoms with Gasteiger partial charge in [-0.2, -0.15) is 0 Å². The van der Waals surface area contributed by atoms with Gasteiger partial charge in [0.25, 0.3) is 0 Å². The number of piperazine rings is 1. The number of ether oxygens (including phenoxy) is 1. The van der Waals surface area contributed by atoms with Gasteiger partial charge in [0, 0.05) is 51.9 Å². The van der Waals surface area contributed by atoms with E-state index in [0.29, 0.717) is 6.04 Å². The second kappa shape index (κ2) is 6.69. The minimum absolute atomic E-state index is 0.543. The van der Waals surface area contributed by atoms with Crippen LogP contribution in [0.25, 0.3) is 0 Å². The molecule has 0 radical (unpaired) electrons. The van der Waals surface area contributed by atoms with Crippen molar-refractivity contribution < 1.29 is 4.74 Å². The number of rotatable bonds is 7. The average molecular weight is 241 g/mol. The smallest absolute Gasteiger partial charge is 0.0630 e. The van der Waals surface area contributed by atoms with Crippen molar-refractivity contribution in [3.8, 4) is 0 Å². The highest BCUT2D eigenvalue weighted by Crippen LogP contribution is 2.27. The zero-order valence-corrected chi connectivity index (χ0v) is 11.3. The monoisotopic (exact) mass is 241 g/mol. The van der Waals surface area contributed by atoms with Gasteiger partial charge in [-0.15, -0.1) is 0 Å². The van der Waals surface area contributed by atoms with Crippen LogP contribution in [0, 0.1) is 0 Å². The maximum Gasteiger partial charge on any atom is 0.0630 e. The lowest BCUT2D eigenvalue weighted by Crippen LogP contribution is -2.54. The molecule has 0 bridgehead atoms. The summed E-state index contributed by atoms with van der Waals surface area (Å²) in [5.41, 5.74) is 0. The Labute approximate surface area is 105 Å². The third-order valence-corrected chi connectivity index (χ3v) is 3.92. The Kier molecular flexibility index (Phi) is 5.22. The van der Waals surface area contributed by atoms with Crippen molar-refractivity contribution in [1.82, 2.24) is 15.1 Å². The first-order chi connectivity index (χ1) is 8.35. The van der Waals surface area contributed by atoms with Crippen molar-refractivity contribution in [3.05, 3.63) is 0 Å². The molecule has 0 aromatic carbocycles. The lowest BCUT2D eigenvalue weighted by molar-refractivity contribution is 0.0474. The molecule has 0 spiro atoms. The van der Waals surface area contributed by atoms with E-state index in [9.17, 15) is 0 Å². The summed E-state index contributed by atoms with van der Waals surface area (Å²) in [6.45, 7) is 10.0. The maximum atomic E-state index is 5.35. The van der Waals surface area contributed by atoms with Crippen LogP contribution in [-0.4, -0.2) is 74.9 Å². The van der Waals surface area contributed by atoms with Gasteiger partial charge >= 0.3 is 0 Å². The van der Waals surface area contributed by atoms with Crippen LogP contribution >= 0.6 is 0 Å². The molecule has 1 unspecified atom stereocenters. The molecule has 1 aliphatic carbocycles. The molecule has 4 heteroatoms. The molecule has 1 atom stereocenters. The minimum atomic E-state index is 0.543. The molecule has 4 nitrogen and oxygen atoms in total. The Morgan fingerprint density at radius 3 is 2.47 bits per heavy atom. The highest BCUT2D eigenvalue weighted by Gasteiger charge is 2.32. The Morgan fingerprint density at radius 2 is 1.94 bits per heavy atom. The van der Waals surface area contributed by atoms with Crippen LogP contribution < -0.4 is 5.32 Å². The van der Waals surface area contributed by atoms with Gasteiger partial charge in [-0.1, -0.05) is 6.92 Å². The van der Waals surface area contributed by atoms with Crippen molar-refractivity contribution in [2.75, 3.05) is 53.0 Å². The third-order valence-electron chi connectivity index (χ3n) is 3.92. The molecule has 2 fully saturated rings. The van der Waals surface area contributed by atoms with Crippen LogP contribution in [0.3, 0.4) is 0 Å². The quantitative estimate of drug-likeness (QED) is 0.698. The molecule has 0 aromatic rings. The van der Waals surface area contributed by atoms with E-state index >= 15 is 0 Å². The van der Waals surface area contributed by atoms with Gasteiger partial charge in [-0.05, 0) is 19.4 Å². The fourth-order valence-corrected chi connectivity index (χ4v) is 2.70. The first-order valence-corrected chi connectivity index (χ1v) is 7.03. The largest absolute Gasteiger partial charge is 0.383 e. The van der Waals surface area contributed by atoms with E-state index < -0.39 is 0 Å². The third kappa shape index (κ3) is 3.91. The van der Waals surface area contributed by atoms with E-state index in [1.165, 1.54) is 39.0 Å². The lowest BCUT2D eigenvalue weighted by Gasteiger charge is -2.39. The van der Waals surface area contributed by atoms with Gasteiger partial charge in [0.05, 0.1) is 6.61 Å². The van der Waals surface area contributed by atoms with Crippen LogP contribution in [0.2, 0.25) is 0 Å². The molecule has 1 saturated carbocycles. The number of nitrogens with zero attached hydrogens (tertiary/aromatic N) is 2. The number of hydrogen-bond donors (Lipinski definition) is 1. The summed E-state index contributed by atoms with van der Waals surface area (Å²) in [6, 6.07) is 1.47. The normalized spacial score (nSPS) is 25.1. The van der Waals surface area contributed by atoms with Gasteiger partial charge in [-0.3, -0.25) is 9.80 Å². The molecule has 2 aliphatic rings. The summed E-state index contributed by atoms with van der Waals surface area (Å²) in [5, 5.41) is 3.44. The second-order valence-electron chi connectivity index (χ2n) is 5.22. The summed E-state index contributed by atoms with van der Waals surface area (Å²) in [7, 11) is 1.80. The summed E-state index contributed by atoms with van der Waals surface area (Å²) >= 11 is 0. The summed E-state index contributed by atoms with van der Waals surface area (Å²) in [5.74, 6) is 0. The molecule has 1 N–H and O–H groups in total. The first kappa shape index (κ1) is 13.3. The highest BCUT2D eigenvalue weighted by atomic mass is 16.5. The van der Waals surface area contributed by atoms with Crippen molar-refractivity contribution in [3.63, 3.8) is 0 Å². The number of likely N-dealkylation sites (N-methyl/N-ethyl adjacent to an activating group) is 1. The average Bonchev–Trinajstić information content (AvgIpc) is 3.19. The van der Waals surface area contributed by atoms with Crippen molar-refractivity contribution in [2.24, 2.45) is 0 Å². The molecule has 2 rings (SSSR count). The van der Waals surface area contributed by atoms with Gasteiger partial charge in [0.2, 0.25) is 0 Å². The van der Waals surface area contributed by atoms with Gasteiger partial charge in [0.15, 0.2) is 0 Å². The topological polar surface area (TPSA) is 27.7 Å². The zero-order valence-electron chi connectivity index (χ0n) is 11.3. The minimum Gasteiger partial charge on any atom is -0.383 e. The standard InChI is InChI=1S/C13H27N3O/c1-3-14-10-13(11-17-2)16-8-6-15(7-9-16)12-4-5-12/h12-14H,3-11H2,1-2H3. The predicted molar refractivity (Wildman–Crippen MR) is 70.4 cm³/mol. The van der Waals surface area contributed by atoms with Crippen LogP contribution in [0.1, 0.15) is 19.8 Å². The van der Waals surface area contributed by atoms with Crippen molar-refractivity contribution in [1.29, 1.82) is 0 Å². The summed E-state index contributed by atoms with van der Waals surface area (Å²) < 4.78 is 5.35. The predicted octanol–water partition coefficient (Wildman–Crippen LogP) is 0.391. The van der Waals surface area contributed by atoms with Crippen LogP contribution in [0.4, 0.5) is 0 Å². The highest BCUT2D eigenvalue weighted by molar-refractivity contribution is 4.89. The Balaban J connectivity index is 1.74. The van der Waals surface area contributed by atoms with E-state index in [0.717, 1.165) is 25.7 Å². The summed E-state index contributed by atoms with van der Waals surface area (Å²) in [6.07, 6.45) is 2.86. The summed E-state index contributed by atoms with van der Waals surface area (Å²) in [4.78, 5) is 5.25. The van der Waals surface area contributed by atoms with Crippen molar-refractivity contribution >= 4 is 0 Å². The number of methoxy groups -OCH3 is 1. The molecule has 1 aliphatic heterocycles. The first-order valence-electron chi connectivity index (χ1n) is 7.03. The number of nitrogens with one attached hydrogen (secondary N) is 1. The SMILES string of the molecule is CCNCC(COC)N1CCN(C2CC2)CC1. The van der Waals surface area contributed by atoms with E-state index in [1.807, 2.05) is 0 Å². The Morgan fingerprint density at radius 1 is 1.24 bits per heavy atom. The molecular formula is C13H27N3O. The maximum absolute atomic E-state index is 5.35. The number of hydrogen-bond acceptors (Lipinski definition) is 4.